The molecule has 0 aromatic heterocycles. The summed E-state index contributed by atoms with van der Waals surface area (Å²) < 4.78 is 33.8. The Morgan fingerprint density at radius 3 is 2.64 bits per heavy atom. The second kappa shape index (κ2) is 8.47. The van der Waals surface area contributed by atoms with E-state index in [1.165, 1.54) is 4.31 Å². The number of hydrogen-bond donors (Lipinski definition) is 1. The van der Waals surface area contributed by atoms with Crippen molar-refractivity contribution in [1.29, 1.82) is 0 Å². The maximum absolute atomic E-state index is 13.2. The first kappa shape index (κ1) is 20.1. The molecule has 1 aliphatic heterocycles. The number of morpholine rings is 1. The molecule has 2 aromatic carbocycles. The number of sulfonamides is 1. The van der Waals surface area contributed by atoms with Gasteiger partial charge in [0, 0.05) is 25.5 Å². The van der Waals surface area contributed by atoms with Gasteiger partial charge in [0.1, 0.15) is 0 Å². The quantitative estimate of drug-likeness (QED) is 0.860. The molecule has 1 saturated heterocycles. The Morgan fingerprint density at radius 2 is 1.96 bits per heavy atom. The zero-order valence-electron chi connectivity index (χ0n) is 14.5. The fraction of sp³-hybridized carbons (Fsp3) is 0.444. The zero-order valence-corrected chi connectivity index (χ0v) is 16.1. The highest BCUT2D eigenvalue weighted by Gasteiger charge is 2.34. The first-order valence-corrected chi connectivity index (χ1v) is 9.78. The number of hydrogen-bond acceptors (Lipinski definition) is 4. The van der Waals surface area contributed by atoms with Gasteiger partial charge in [0.05, 0.1) is 23.6 Å². The summed E-state index contributed by atoms with van der Waals surface area (Å²) in [5.74, 6) is 0. The monoisotopic (exact) mass is 384 g/mol. The summed E-state index contributed by atoms with van der Waals surface area (Å²) in [6, 6.07) is 12.8. The third-order valence-corrected chi connectivity index (χ3v) is 6.62. The second-order valence-electron chi connectivity index (χ2n) is 6.09. The van der Waals surface area contributed by atoms with Gasteiger partial charge < -0.3 is 10.1 Å². The number of nitrogens with zero attached hydrogens (tertiary/aromatic N) is 1. The Kier molecular flexibility index (Phi) is 6.82. The smallest absolute Gasteiger partial charge is 0.243 e. The van der Waals surface area contributed by atoms with E-state index in [4.69, 9.17) is 4.74 Å². The average Bonchev–Trinajstić information content (AvgIpc) is 2.62. The van der Waals surface area contributed by atoms with Crippen LogP contribution in [0.5, 0.6) is 0 Å². The van der Waals surface area contributed by atoms with Gasteiger partial charge in [-0.25, -0.2) is 8.42 Å². The molecule has 0 bridgehead atoms. The maximum atomic E-state index is 13.2. The fourth-order valence-corrected chi connectivity index (χ4v) is 5.01. The normalized spacial score (nSPS) is 19.6. The molecule has 2 aromatic rings. The van der Waals surface area contributed by atoms with Crippen molar-refractivity contribution in [2.45, 2.75) is 30.4 Å². The van der Waals surface area contributed by atoms with Crippen molar-refractivity contribution >= 4 is 33.2 Å². The average molecular weight is 385 g/mol. The summed E-state index contributed by atoms with van der Waals surface area (Å²) in [6.45, 7) is 4.10. The van der Waals surface area contributed by atoms with Crippen molar-refractivity contribution < 1.29 is 13.2 Å². The van der Waals surface area contributed by atoms with Crippen molar-refractivity contribution in [3.05, 3.63) is 42.5 Å². The van der Waals surface area contributed by atoms with E-state index >= 15 is 0 Å². The van der Waals surface area contributed by atoms with Crippen molar-refractivity contribution in [3.63, 3.8) is 0 Å². The highest BCUT2D eigenvalue weighted by atomic mass is 35.5. The molecular formula is C18H25ClN2O3S. The number of ether oxygens (including phenoxy) is 1. The van der Waals surface area contributed by atoms with Crippen molar-refractivity contribution in [1.82, 2.24) is 9.62 Å². The molecule has 0 radical (unpaired) electrons. The maximum Gasteiger partial charge on any atom is 0.243 e. The molecule has 1 aliphatic rings. The van der Waals surface area contributed by atoms with Crippen LogP contribution in [-0.4, -0.2) is 51.6 Å². The Hall–Kier alpha value is -1.18. The van der Waals surface area contributed by atoms with Crippen LogP contribution < -0.4 is 5.32 Å². The van der Waals surface area contributed by atoms with Gasteiger partial charge in [0.2, 0.25) is 10.0 Å². The largest absolute Gasteiger partial charge is 0.374 e. The summed E-state index contributed by atoms with van der Waals surface area (Å²) in [5.41, 5.74) is 0. The van der Waals surface area contributed by atoms with Crippen molar-refractivity contribution in [2.75, 3.05) is 26.7 Å². The topological polar surface area (TPSA) is 58.6 Å². The zero-order chi connectivity index (χ0) is 17.2. The predicted molar refractivity (Wildman–Crippen MR) is 103 cm³/mol. The number of fused-ring (bicyclic) bond motifs is 1. The summed E-state index contributed by atoms with van der Waals surface area (Å²) in [7, 11) is -1.94. The van der Waals surface area contributed by atoms with Gasteiger partial charge in [-0.15, -0.1) is 12.4 Å². The number of benzene rings is 2. The molecule has 0 amide bonds. The van der Waals surface area contributed by atoms with E-state index in [1.807, 2.05) is 37.3 Å². The molecule has 0 aliphatic carbocycles. The highest BCUT2D eigenvalue weighted by Crippen LogP contribution is 2.27. The molecule has 1 fully saturated rings. The SMILES string of the molecule is CCC(C1CNCCO1)N(C)S(=O)(=O)c1cccc2ccccc12.Cl. The molecule has 2 atom stereocenters. The minimum absolute atomic E-state index is 0. The third kappa shape index (κ3) is 3.99. The van der Waals surface area contributed by atoms with E-state index in [0.717, 1.165) is 17.3 Å². The Bertz CT molecular complexity index is 802. The highest BCUT2D eigenvalue weighted by molar-refractivity contribution is 7.89. The van der Waals surface area contributed by atoms with Crippen LogP contribution in [-0.2, 0) is 14.8 Å². The Balaban J connectivity index is 0.00000225. The lowest BCUT2D eigenvalue weighted by Gasteiger charge is -2.35. The predicted octanol–water partition coefficient (Wildman–Crippen LogP) is 2.65. The van der Waals surface area contributed by atoms with Crippen LogP contribution >= 0.6 is 12.4 Å². The minimum atomic E-state index is -3.60. The number of halogens is 1. The molecule has 1 N–H and O–H groups in total. The molecule has 138 valence electrons. The van der Waals surface area contributed by atoms with Crippen LogP contribution in [0.2, 0.25) is 0 Å². The minimum Gasteiger partial charge on any atom is -0.374 e. The van der Waals surface area contributed by atoms with E-state index < -0.39 is 10.0 Å². The van der Waals surface area contributed by atoms with Gasteiger partial charge in [0.25, 0.3) is 0 Å². The summed E-state index contributed by atoms with van der Waals surface area (Å²) in [4.78, 5) is 0.352. The van der Waals surface area contributed by atoms with Crippen LogP contribution in [0.3, 0.4) is 0 Å². The molecule has 2 unspecified atom stereocenters. The number of nitrogens with one attached hydrogen (secondary N) is 1. The van der Waals surface area contributed by atoms with Gasteiger partial charge in [0.15, 0.2) is 0 Å². The Labute approximate surface area is 155 Å². The van der Waals surface area contributed by atoms with Crippen LogP contribution in [0.15, 0.2) is 47.4 Å². The second-order valence-corrected chi connectivity index (χ2v) is 8.05. The van der Waals surface area contributed by atoms with E-state index in [9.17, 15) is 8.42 Å². The van der Waals surface area contributed by atoms with Gasteiger partial charge >= 0.3 is 0 Å². The lowest BCUT2D eigenvalue weighted by molar-refractivity contribution is -0.0105. The van der Waals surface area contributed by atoms with Crippen molar-refractivity contribution in [3.8, 4) is 0 Å². The summed E-state index contributed by atoms with van der Waals surface area (Å²) in [6.07, 6.45) is 0.575. The number of likely N-dealkylation sites (N-methyl/N-ethyl adjacent to an activating group) is 1. The van der Waals surface area contributed by atoms with E-state index in [2.05, 4.69) is 5.32 Å². The van der Waals surface area contributed by atoms with Gasteiger partial charge in [-0.3, -0.25) is 0 Å². The van der Waals surface area contributed by atoms with Gasteiger partial charge in [-0.05, 0) is 17.9 Å². The third-order valence-electron chi connectivity index (χ3n) is 4.68. The van der Waals surface area contributed by atoms with E-state index in [0.29, 0.717) is 24.5 Å². The lowest BCUT2D eigenvalue weighted by Crippen LogP contribution is -2.52. The first-order valence-electron chi connectivity index (χ1n) is 8.34. The lowest BCUT2D eigenvalue weighted by atomic mass is 10.1. The molecule has 3 rings (SSSR count). The molecule has 7 heteroatoms. The molecule has 1 heterocycles. The van der Waals surface area contributed by atoms with E-state index in [-0.39, 0.29) is 24.6 Å². The van der Waals surface area contributed by atoms with Crippen LogP contribution in [0.25, 0.3) is 10.8 Å². The standard InChI is InChI=1S/C18H24N2O3S.ClH/c1-3-16(17-13-19-11-12-23-17)20(2)24(21,22)18-10-6-8-14-7-4-5-9-15(14)18;/h4-10,16-17,19H,3,11-13H2,1-2H3;1H. The van der Waals surface area contributed by atoms with Crippen LogP contribution in [0.4, 0.5) is 0 Å². The van der Waals surface area contributed by atoms with Crippen molar-refractivity contribution in [2.24, 2.45) is 0 Å². The number of rotatable bonds is 5. The molecule has 0 spiro atoms. The summed E-state index contributed by atoms with van der Waals surface area (Å²) >= 11 is 0. The van der Waals surface area contributed by atoms with Gasteiger partial charge in [-0.2, -0.15) is 4.31 Å². The van der Waals surface area contributed by atoms with Gasteiger partial charge in [-0.1, -0.05) is 43.3 Å². The molecule has 5 nitrogen and oxygen atoms in total. The van der Waals surface area contributed by atoms with E-state index in [1.54, 1.807) is 19.2 Å². The summed E-state index contributed by atoms with van der Waals surface area (Å²) in [5, 5.41) is 4.96. The van der Waals surface area contributed by atoms with Crippen LogP contribution in [0.1, 0.15) is 13.3 Å². The fourth-order valence-electron chi connectivity index (χ4n) is 3.34. The molecule has 0 saturated carbocycles. The first-order chi connectivity index (χ1) is 11.6. The Morgan fingerprint density at radius 1 is 1.24 bits per heavy atom. The molecular weight excluding hydrogens is 360 g/mol. The molecule has 25 heavy (non-hydrogen) atoms. The van der Waals surface area contributed by atoms with Crippen LogP contribution in [0, 0.1) is 0 Å².